The molecule has 1 amide bonds. The number of nitrogens with one attached hydrogen (secondary N) is 1. The summed E-state index contributed by atoms with van der Waals surface area (Å²) in [4.78, 5) is 10.6. The Kier molecular flexibility index (Phi) is 3.76. The summed E-state index contributed by atoms with van der Waals surface area (Å²) in [6.07, 6.45) is -8.71. The van der Waals surface area contributed by atoms with Gasteiger partial charge in [0.05, 0.1) is 12.1 Å². The Labute approximate surface area is 89.2 Å². The summed E-state index contributed by atoms with van der Waals surface area (Å²) in [5.74, 6) is -2.14. The van der Waals surface area contributed by atoms with Crippen LogP contribution in [0.4, 0.5) is 13.2 Å². The Morgan fingerprint density at radius 3 is 2.50 bits per heavy atom. The predicted octanol–water partition coefficient (Wildman–Crippen LogP) is -0.478. The molecule has 0 aromatic heterocycles. The highest BCUT2D eigenvalue weighted by Crippen LogP contribution is 2.21. The third kappa shape index (κ3) is 3.06. The molecule has 1 aliphatic heterocycles. The van der Waals surface area contributed by atoms with Crippen LogP contribution < -0.4 is 5.32 Å². The summed E-state index contributed by atoms with van der Waals surface area (Å²) >= 11 is 0. The molecule has 0 aliphatic carbocycles. The number of hydrogen-bond acceptors (Lipinski definition) is 4. The molecule has 8 heteroatoms. The number of ether oxygens (including phenoxy) is 1. The predicted molar refractivity (Wildman–Crippen MR) is 45.2 cm³/mol. The minimum atomic E-state index is -5.01. The largest absolute Gasteiger partial charge is 0.471 e. The van der Waals surface area contributed by atoms with E-state index < -0.39 is 36.6 Å². The topological polar surface area (TPSA) is 78.8 Å². The van der Waals surface area contributed by atoms with Crippen LogP contribution >= 0.6 is 0 Å². The second-order valence-corrected chi connectivity index (χ2v) is 3.60. The zero-order valence-corrected chi connectivity index (χ0v) is 8.36. The first kappa shape index (κ1) is 13.2. The molecule has 16 heavy (non-hydrogen) atoms. The molecule has 5 nitrogen and oxygen atoms in total. The maximum atomic E-state index is 11.9. The van der Waals surface area contributed by atoms with Gasteiger partial charge in [0.25, 0.3) is 0 Å². The van der Waals surface area contributed by atoms with Crippen LogP contribution in [0.1, 0.15) is 13.3 Å². The third-order valence-corrected chi connectivity index (χ3v) is 2.29. The molecule has 0 saturated carbocycles. The van der Waals surface area contributed by atoms with Crippen molar-refractivity contribution < 1.29 is 32.9 Å². The fourth-order valence-electron chi connectivity index (χ4n) is 1.46. The van der Waals surface area contributed by atoms with Crippen molar-refractivity contribution in [1.82, 2.24) is 5.32 Å². The molecule has 0 radical (unpaired) electrons. The molecule has 1 rings (SSSR count). The van der Waals surface area contributed by atoms with E-state index in [0.717, 1.165) is 0 Å². The summed E-state index contributed by atoms with van der Waals surface area (Å²) < 4.78 is 40.6. The monoisotopic (exact) mass is 243 g/mol. The zero-order valence-electron chi connectivity index (χ0n) is 8.36. The van der Waals surface area contributed by atoms with Crippen LogP contribution in [0.2, 0.25) is 0 Å². The van der Waals surface area contributed by atoms with Gasteiger partial charge in [0.2, 0.25) is 0 Å². The lowest BCUT2D eigenvalue weighted by atomic mass is 9.99. The van der Waals surface area contributed by atoms with Gasteiger partial charge in [-0.1, -0.05) is 0 Å². The number of hydrogen-bond donors (Lipinski definition) is 3. The minimum Gasteiger partial charge on any atom is -0.388 e. The highest BCUT2D eigenvalue weighted by molar-refractivity contribution is 5.82. The second-order valence-electron chi connectivity index (χ2n) is 3.60. The highest BCUT2D eigenvalue weighted by Gasteiger charge is 2.43. The Bertz CT molecular complexity index is 270. The molecule has 0 spiro atoms. The molecule has 0 unspecified atom stereocenters. The van der Waals surface area contributed by atoms with E-state index in [1.165, 1.54) is 6.92 Å². The molecule has 94 valence electrons. The van der Waals surface area contributed by atoms with Crippen LogP contribution in [0.3, 0.4) is 0 Å². The number of halogens is 3. The first-order chi connectivity index (χ1) is 7.21. The first-order valence-electron chi connectivity index (χ1n) is 4.61. The quantitative estimate of drug-likeness (QED) is 0.581. The van der Waals surface area contributed by atoms with Crippen molar-refractivity contribution in [2.24, 2.45) is 0 Å². The maximum absolute atomic E-state index is 11.9. The van der Waals surface area contributed by atoms with Gasteiger partial charge in [-0.25, -0.2) is 0 Å². The van der Waals surface area contributed by atoms with Gasteiger partial charge < -0.3 is 20.3 Å². The zero-order chi connectivity index (χ0) is 12.5. The lowest BCUT2D eigenvalue weighted by Gasteiger charge is -2.36. The summed E-state index contributed by atoms with van der Waals surface area (Å²) in [5, 5.41) is 20.2. The molecule has 1 heterocycles. The van der Waals surface area contributed by atoms with E-state index in [1.807, 2.05) is 0 Å². The normalized spacial score (nSPS) is 35.9. The van der Waals surface area contributed by atoms with E-state index in [1.54, 1.807) is 5.32 Å². The Morgan fingerprint density at radius 2 is 2.00 bits per heavy atom. The van der Waals surface area contributed by atoms with E-state index in [9.17, 15) is 23.1 Å². The Hall–Kier alpha value is -0.860. The molecule has 1 fully saturated rings. The molecule has 0 aromatic carbocycles. The van der Waals surface area contributed by atoms with Crippen molar-refractivity contribution in [1.29, 1.82) is 0 Å². The van der Waals surface area contributed by atoms with Crippen molar-refractivity contribution in [3.8, 4) is 0 Å². The lowest BCUT2D eigenvalue weighted by molar-refractivity contribution is -0.207. The van der Waals surface area contributed by atoms with E-state index in [2.05, 4.69) is 0 Å². The standard InChI is InChI=1S/C8H12F3NO4/c1-3-6(14)4(2-5(13)16-3)12-7(15)8(9,10)11/h3-6,13-14H,2H2,1H3,(H,12,15)/t3-,4+,5-,6+/m0/s1. The van der Waals surface area contributed by atoms with Gasteiger partial charge in [0, 0.05) is 6.42 Å². The van der Waals surface area contributed by atoms with Crippen molar-refractivity contribution in [2.45, 2.75) is 44.1 Å². The van der Waals surface area contributed by atoms with E-state index >= 15 is 0 Å². The third-order valence-electron chi connectivity index (χ3n) is 2.29. The minimum absolute atomic E-state index is 0.284. The summed E-state index contributed by atoms with van der Waals surface area (Å²) in [6, 6.07) is -1.17. The van der Waals surface area contributed by atoms with Crippen LogP contribution in [0.25, 0.3) is 0 Å². The van der Waals surface area contributed by atoms with Gasteiger partial charge in [-0.05, 0) is 6.92 Å². The van der Waals surface area contributed by atoms with E-state index in [0.29, 0.717) is 0 Å². The summed E-state index contributed by atoms with van der Waals surface area (Å²) in [7, 11) is 0. The molecule has 0 aromatic rings. The van der Waals surface area contributed by atoms with Crippen LogP contribution in [-0.4, -0.2) is 46.8 Å². The molecular formula is C8H12F3NO4. The van der Waals surface area contributed by atoms with Crippen LogP contribution in [-0.2, 0) is 9.53 Å². The average molecular weight is 243 g/mol. The fraction of sp³-hybridized carbons (Fsp3) is 0.875. The molecule has 1 aliphatic rings. The number of aliphatic hydroxyl groups is 2. The maximum Gasteiger partial charge on any atom is 0.471 e. The number of alkyl halides is 3. The van der Waals surface area contributed by atoms with Gasteiger partial charge in [0.15, 0.2) is 6.29 Å². The smallest absolute Gasteiger partial charge is 0.388 e. The number of carbonyl (C=O) groups excluding carboxylic acids is 1. The summed E-state index contributed by atoms with van der Waals surface area (Å²) in [6.45, 7) is 1.39. The van der Waals surface area contributed by atoms with Gasteiger partial charge in [-0.3, -0.25) is 4.79 Å². The van der Waals surface area contributed by atoms with Crippen molar-refractivity contribution >= 4 is 5.91 Å². The molecule has 3 N–H and O–H groups in total. The molecule has 4 atom stereocenters. The molecule has 1 saturated heterocycles. The van der Waals surface area contributed by atoms with Gasteiger partial charge in [0.1, 0.15) is 6.10 Å². The van der Waals surface area contributed by atoms with Gasteiger partial charge >= 0.3 is 12.1 Å². The number of carbonyl (C=O) groups is 1. The Morgan fingerprint density at radius 1 is 1.44 bits per heavy atom. The SMILES string of the molecule is C[C@@H]1O[C@H](O)C[C@@H](NC(=O)C(F)(F)F)[C@@H]1O. The fourth-order valence-corrected chi connectivity index (χ4v) is 1.46. The van der Waals surface area contributed by atoms with Crippen molar-refractivity contribution in [3.63, 3.8) is 0 Å². The number of aliphatic hydroxyl groups excluding tert-OH is 2. The van der Waals surface area contributed by atoms with Crippen molar-refractivity contribution in [3.05, 3.63) is 0 Å². The molecular weight excluding hydrogens is 231 g/mol. The van der Waals surface area contributed by atoms with Crippen LogP contribution in [0.15, 0.2) is 0 Å². The first-order valence-corrected chi connectivity index (χ1v) is 4.61. The highest BCUT2D eigenvalue weighted by atomic mass is 19.4. The van der Waals surface area contributed by atoms with Crippen molar-refractivity contribution in [2.75, 3.05) is 0 Å². The van der Waals surface area contributed by atoms with E-state index in [-0.39, 0.29) is 6.42 Å². The second kappa shape index (κ2) is 4.56. The van der Waals surface area contributed by atoms with Gasteiger partial charge in [-0.15, -0.1) is 0 Å². The number of rotatable bonds is 1. The molecule has 0 bridgehead atoms. The van der Waals surface area contributed by atoms with Gasteiger partial charge in [-0.2, -0.15) is 13.2 Å². The van der Waals surface area contributed by atoms with Crippen LogP contribution in [0, 0.1) is 0 Å². The Balaban J connectivity index is 2.62. The van der Waals surface area contributed by atoms with Crippen LogP contribution in [0.5, 0.6) is 0 Å². The summed E-state index contributed by atoms with van der Waals surface area (Å²) in [5.41, 5.74) is 0. The van der Waals surface area contributed by atoms with E-state index in [4.69, 9.17) is 9.84 Å². The lowest BCUT2D eigenvalue weighted by Crippen LogP contribution is -2.56. The average Bonchev–Trinajstić information content (AvgIpc) is 2.11. The number of amides is 1.